The van der Waals surface area contributed by atoms with E-state index in [-0.39, 0.29) is 5.91 Å². The van der Waals surface area contributed by atoms with Crippen LogP contribution in [0, 0.1) is 0 Å². The highest BCUT2D eigenvalue weighted by Crippen LogP contribution is 2.16. The Labute approximate surface area is 151 Å². The molecule has 2 rings (SSSR count). The normalized spacial score (nSPS) is 17.1. The number of carbonyl (C=O) groups excluding carboxylic acids is 1. The lowest BCUT2D eigenvalue weighted by molar-refractivity contribution is -0.130. The predicted molar refractivity (Wildman–Crippen MR) is 99.6 cm³/mol. The van der Waals surface area contributed by atoms with Gasteiger partial charge < -0.3 is 4.90 Å². The maximum absolute atomic E-state index is 12.6. The quantitative estimate of drug-likeness (QED) is 0.796. The maximum Gasteiger partial charge on any atom is 0.281 e. The van der Waals surface area contributed by atoms with Crippen LogP contribution in [-0.4, -0.2) is 68.1 Å². The van der Waals surface area contributed by atoms with Crippen LogP contribution in [0.5, 0.6) is 0 Å². The zero-order valence-electron chi connectivity index (χ0n) is 15.6. The van der Waals surface area contributed by atoms with Gasteiger partial charge >= 0.3 is 0 Å². The predicted octanol–water partition coefficient (Wildman–Crippen LogP) is 1.69. The number of carbonyl (C=O) groups is 1. The zero-order chi connectivity index (χ0) is 18.6. The molecule has 0 aromatic heterocycles. The number of rotatable bonds is 5. The van der Waals surface area contributed by atoms with Gasteiger partial charge in [0, 0.05) is 40.3 Å². The molecule has 0 saturated carbocycles. The van der Waals surface area contributed by atoms with Crippen LogP contribution in [0.1, 0.15) is 37.3 Å². The molecule has 0 unspecified atom stereocenters. The molecule has 25 heavy (non-hydrogen) atoms. The third-order valence-corrected chi connectivity index (χ3v) is 6.54. The molecule has 0 spiro atoms. The van der Waals surface area contributed by atoms with E-state index < -0.39 is 10.2 Å². The lowest BCUT2D eigenvalue weighted by Gasteiger charge is -2.24. The van der Waals surface area contributed by atoms with E-state index in [9.17, 15) is 13.2 Å². The van der Waals surface area contributed by atoms with Crippen molar-refractivity contribution in [1.29, 1.82) is 0 Å². The summed E-state index contributed by atoms with van der Waals surface area (Å²) in [4.78, 5) is 14.4. The lowest BCUT2D eigenvalue weighted by Crippen LogP contribution is -2.42. The van der Waals surface area contributed by atoms with Gasteiger partial charge in [0.25, 0.3) is 10.2 Å². The van der Waals surface area contributed by atoms with E-state index in [1.165, 1.54) is 28.3 Å². The topological polar surface area (TPSA) is 60.9 Å². The van der Waals surface area contributed by atoms with Crippen LogP contribution in [0.3, 0.4) is 0 Å². The van der Waals surface area contributed by atoms with E-state index >= 15 is 0 Å². The van der Waals surface area contributed by atoms with E-state index in [4.69, 9.17) is 0 Å². The monoisotopic (exact) mass is 367 g/mol. The van der Waals surface area contributed by atoms with E-state index in [0.717, 1.165) is 5.56 Å². The minimum atomic E-state index is -3.42. The summed E-state index contributed by atoms with van der Waals surface area (Å²) in [6.45, 7) is 6.13. The van der Waals surface area contributed by atoms with E-state index in [1.807, 2.05) is 12.1 Å². The molecule has 0 N–H and O–H groups in total. The second-order valence-electron chi connectivity index (χ2n) is 7.00. The molecule has 1 aromatic rings. The van der Waals surface area contributed by atoms with Gasteiger partial charge in [0.1, 0.15) is 0 Å². The molecular formula is C18H29N3O3S. The molecule has 0 atom stereocenters. The van der Waals surface area contributed by atoms with Crippen LogP contribution >= 0.6 is 0 Å². The molecule has 140 valence electrons. The Bertz CT molecular complexity index is 684. The molecule has 1 fully saturated rings. The zero-order valence-corrected chi connectivity index (χ0v) is 16.4. The first-order valence-electron chi connectivity index (χ1n) is 8.76. The molecular weight excluding hydrogens is 338 g/mol. The van der Waals surface area contributed by atoms with Gasteiger partial charge in [0.15, 0.2) is 0 Å². The van der Waals surface area contributed by atoms with Gasteiger partial charge in [-0.2, -0.15) is 17.0 Å². The first-order chi connectivity index (χ1) is 11.7. The molecule has 1 aliphatic rings. The van der Waals surface area contributed by atoms with Crippen molar-refractivity contribution in [3.63, 3.8) is 0 Å². The minimum absolute atomic E-state index is 0.0568. The van der Waals surface area contributed by atoms with Crippen molar-refractivity contribution in [2.24, 2.45) is 0 Å². The van der Waals surface area contributed by atoms with Crippen molar-refractivity contribution in [3.8, 4) is 0 Å². The fourth-order valence-corrected chi connectivity index (χ4v) is 4.05. The molecule has 0 bridgehead atoms. The molecule has 1 saturated heterocycles. The summed E-state index contributed by atoms with van der Waals surface area (Å²) in [5.41, 5.74) is 2.26. The Hall–Kier alpha value is -1.44. The number of hydrogen-bond donors (Lipinski definition) is 0. The molecule has 1 heterocycles. The third kappa shape index (κ3) is 5.03. The maximum atomic E-state index is 12.6. The number of amides is 1. The average molecular weight is 368 g/mol. The van der Waals surface area contributed by atoms with Gasteiger partial charge in [-0.25, -0.2) is 0 Å². The van der Waals surface area contributed by atoms with Crippen molar-refractivity contribution < 1.29 is 13.2 Å². The Morgan fingerprint density at radius 1 is 1.08 bits per heavy atom. The van der Waals surface area contributed by atoms with E-state index in [1.54, 1.807) is 4.90 Å². The van der Waals surface area contributed by atoms with E-state index in [2.05, 4.69) is 26.0 Å². The average Bonchev–Trinajstić information content (AvgIpc) is 2.81. The summed E-state index contributed by atoms with van der Waals surface area (Å²) in [5, 5.41) is 0. The summed E-state index contributed by atoms with van der Waals surface area (Å²) in [6, 6.07) is 8.16. The van der Waals surface area contributed by atoms with Gasteiger partial charge in [-0.15, -0.1) is 0 Å². The van der Waals surface area contributed by atoms with Crippen LogP contribution in [0.2, 0.25) is 0 Å². The Morgan fingerprint density at radius 2 is 1.72 bits per heavy atom. The molecule has 1 aliphatic heterocycles. The largest absolute Gasteiger partial charge is 0.341 e. The molecule has 7 heteroatoms. The van der Waals surface area contributed by atoms with Crippen LogP contribution in [-0.2, 0) is 21.4 Å². The van der Waals surface area contributed by atoms with Crippen molar-refractivity contribution in [2.45, 2.75) is 32.6 Å². The van der Waals surface area contributed by atoms with Crippen LogP contribution in [0.25, 0.3) is 0 Å². The number of hydrogen-bond acceptors (Lipinski definition) is 3. The third-order valence-electron chi connectivity index (χ3n) is 4.60. The Morgan fingerprint density at radius 3 is 2.28 bits per heavy atom. The summed E-state index contributed by atoms with van der Waals surface area (Å²) in [6.07, 6.45) is 1.02. The van der Waals surface area contributed by atoms with Gasteiger partial charge in [-0.05, 0) is 23.5 Å². The number of benzene rings is 1. The Kier molecular flexibility index (Phi) is 6.59. The lowest BCUT2D eigenvalue weighted by atomic mass is 10.0. The standard InChI is InChI=1S/C18H29N3O3S/c1-15(2)17-8-6-16(7-9-17)14-18(22)20-10-5-11-21(13-12-20)25(23,24)19(3)4/h6-9,15H,5,10-14H2,1-4H3. The fourth-order valence-electron chi connectivity index (χ4n) is 2.91. The summed E-state index contributed by atoms with van der Waals surface area (Å²) < 4.78 is 27.2. The highest BCUT2D eigenvalue weighted by atomic mass is 32.2. The Balaban J connectivity index is 1.97. The van der Waals surface area contributed by atoms with Gasteiger partial charge in [-0.1, -0.05) is 38.1 Å². The number of nitrogens with zero attached hydrogens (tertiary/aromatic N) is 3. The smallest absolute Gasteiger partial charge is 0.281 e. The van der Waals surface area contributed by atoms with E-state index in [0.29, 0.717) is 44.9 Å². The van der Waals surface area contributed by atoms with Crippen molar-refractivity contribution in [3.05, 3.63) is 35.4 Å². The summed E-state index contributed by atoms with van der Waals surface area (Å²) in [5.74, 6) is 0.529. The van der Waals surface area contributed by atoms with Crippen molar-refractivity contribution in [1.82, 2.24) is 13.5 Å². The fraction of sp³-hybridized carbons (Fsp3) is 0.611. The molecule has 0 aliphatic carbocycles. The summed E-state index contributed by atoms with van der Waals surface area (Å²) >= 11 is 0. The highest BCUT2D eigenvalue weighted by Gasteiger charge is 2.28. The van der Waals surface area contributed by atoms with Gasteiger partial charge in [0.2, 0.25) is 5.91 Å². The SMILES string of the molecule is CC(C)c1ccc(CC(=O)N2CCCN(S(=O)(=O)N(C)C)CC2)cc1. The van der Waals surface area contributed by atoms with Gasteiger partial charge in [-0.3, -0.25) is 4.79 Å². The summed E-state index contributed by atoms with van der Waals surface area (Å²) in [7, 11) is -0.352. The van der Waals surface area contributed by atoms with Crippen molar-refractivity contribution in [2.75, 3.05) is 40.3 Å². The van der Waals surface area contributed by atoms with Crippen LogP contribution in [0.15, 0.2) is 24.3 Å². The first-order valence-corrected chi connectivity index (χ1v) is 10.2. The second-order valence-corrected chi connectivity index (χ2v) is 9.14. The molecule has 6 nitrogen and oxygen atoms in total. The molecule has 1 amide bonds. The first kappa shape index (κ1) is 19.9. The van der Waals surface area contributed by atoms with Crippen LogP contribution < -0.4 is 0 Å². The van der Waals surface area contributed by atoms with Crippen LogP contribution in [0.4, 0.5) is 0 Å². The minimum Gasteiger partial charge on any atom is -0.341 e. The molecule has 1 aromatic carbocycles. The van der Waals surface area contributed by atoms with Crippen molar-refractivity contribution >= 4 is 16.1 Å². The van der Waals surface area contributed by atoms with Gasteiger partial charge in [0.05, 0.1) is 6.42 Å². The highest BCUT2D eigenvalue weighted by molar-refractivity contribution is 7.86. The molecule has 0 radical (unpaired) electrons. The second kappa shape index (κ2) is 8.29.